The van der Waals surface area contributed by atoms with E-state index in [2.05, 4.69) is 242 Å². The van der Waals surface area contributed by atoms with Gasteiger partial charge in [0.1, 0.15) is 5.54 Å². The third-order valence-corrected chi connectivity index (χ3v) is 14.2. The standard InChI is InChI=1S/C60H42N2/c1-59(2)51-27-11-7-23-45(51)48-35-33-41(37-55(48)59)61(56-32-16-20-40-18-4-6-22-44(40)56)42-34-36-50-49-26-10-14-31-57(49)62(58(50)38-42)60(52-30-15-19-39-17-3-5-21-43(39)52)53-28-12-8-24-46(53)47-25-9-13-29-54(47)60/h3-38H,1-2H3. The Morgan fingerprint density at radius 1 is 0.339 bits per heavy atom. The van der Waals surface area contributed by atoms with E-state index in [1.165, 1.54) is 93.4 Å². The van der Waals surface area contributed by atoms with Crippen molar-refractivity contribution in [3.63, 3.8) is 0 Å². The van der Waals surface area contributed by atoms with Crippen LogP contribution < -0.4 is 4.90 Å². The molecule has 0 unspecified atom stereocenters. The van der Waals surface area contributed by atoms with Crippen LogP contribution in [0.5, 0.6) is 0 Å². The summed E-state index contributed by atoms with van der Waals surface area (Å²) in [5.41, 5.74) is 16.7. The Morgan fingerprint density at radius 3 is 1.56 bits per heavy atom. The molecule has 13 rings (SSSR count). The predicted molar refractivity (Wildman–Crippen MR) is 260 cm³/mol. The Labute approximate surface area is 361 Å². The van der Waals surface area contributed by atoms with Crippen LogP contribution in [0.15, 0.2) is 218 Å². The molecule has 0 aliphatic heterocycles. The Kier molecular flexibility index (Phi) is 7.31. The Hall–Kier alpha value is -7.68. The van der Waals surface area contributed by atoms with Crippen LogP contribution in [0.25, 0.3) is 65.6 Å². The SMILES string of the molecule is CC1(C)c2ccccc2-c2ccc(N(c3ccc4c5ccccc5n(C5(c6cccc7ccccc67)c6ccccc6-c6ccccc65)c4c3)c3cccc4ccccc34)cc21. The van der Waals surface area contributed by atoms with E-state index < -0.39 is 5.54 Å². The van der Waals surface area contributed by atoms with Gasteiger partial charge in [0.15, 0.2) is 0 Å². The summed E-state index contributed by atoms with van der Waals surface area (Å²) in [6, 6.07) is 81.8. The summed E-state index contributed by atoms with van der Waals surface area (Å²) in [5.74, 6) is 0. The van der Waals surface area contributed by atoms with Gasteiger partial charge in [0.2, 0.25) is 0 Å². The van der Waals surface area contributed by atoms with Crippen molar-refractivity contribution in [3.05, 3.63) is 246 Å². The van der Waals surface area contributed by atoms with Crippen LogP contribution in [-0.4, -0.2) is 4.57 Å². The first-order valence-corrected chi connectivity index (χ1v) is 21.8. The summed E-state index contributed by atoms with van der Waals surface area (Å²) < 4.78 is 2.69. The highest BCUT2D eigenvalue weighted by molar-refractivity contribution is 6.11. The fraction of sp³-hybridized carbons (Fsp3) is 0.0667. The second-order valence-corrected chi connectivity index (χ2v) is 17.6. The average Bonchev–Trinajstić information content (AvgIpc) is 3.90. The van der Waals surface area contributed by atoms with Crippen LogP contribution in [0.2, 0.25) is 0 Å². The van der Waals surface area contributed by atoms with Gasteiger partial charge in [-0.05, 0) is 103 Å². The van der Waals surface area contributed by atoms with Crippen molar-refractivity contribution in [1.82, 2.24) is 4.57 Å². The first kappa shape index (κ1) is 35.1. The third-order valence-electron chi connectivity index (χ3n) is 14.2. The molecule has 0 N–H and O–H groups in total. The number of benzene rings is 10. The summed E-state index contributed by atoms with van der Waals surface area (Å²) in [7, 11) is 0. The van der Waals surface area contributed by atoms with Gasteiger partial charge in [-0.25, -0.2) is 0 Å². The first-order valence-electron chi connectivity index (χ1n) is 21.8. The van der Waals surface area contributed by atoms with Crippen LogP contribution >= 0.6 is 0 Å². The summed E-state index contributed by atoms with van der Waals surface area (Å²) in [5, 5.41) is 7.38. The molecular weight excluding hydrogens is 749 g/mol. The highest BCUT2D eigenvalue weighted by atomic mass is 15.2. The molecule has 0 saturated heterocycles. The van der Waals surface area contributed by atoms with E-state index in [1.807, 2.05) is 0 Å². The summed E-state index contributed by atoms with van der Waals surface area (Å²) >= 11 is 0. The molecule has 2 heteroatoms. The van der Waals surface area contributed by atoms with Gasteiger partial charge in [-0.3, -0.25) is 0 Å². The molecule has 1 aromatic heterocycles. The van der Waals surface area contributed by atoms with E-state index in [4.69, 9.17) is 0 Å². The molecule has 62 heavy (non-hydrogen) atoms. The van der Waals surface area contributed by atoms with Gasteiger partial charge >= 0.3 is 0 Å². The molecule has 0 spiro atoms. The van der Waals surface area contributed by atoms with Crippen molar-refractivity contribution in [3.8, 4) is 22.3 Å². The normalized spacial score (nSPS) is 14.2. The lowest BCUT2D eigenvalue weighted by Gasteiger charge is -2.37. The number of anilines is 3. The van der Waals surface area contributed by atoms with Gasteiger partial charge in [0.05, 0.1) is 16.7 Å². The molecule has 1 heterocycles. The van der Waals surface area contributed by atoms with Gasteiger partial charge in [0, 0.05) is 32.9 Å². The molecule has 0 amide bonds. The molecule has 0 fully saturated rings. The maximum atomic E-state index is 2.69. The highest BCUT2D eigenvalue weighted by Crippen LogP contribution is 2.58. The lowest BCUT2D eigenvalue weighted by molar-refractivity contribution is 0.568. The van der Waals surface area contributed by atoms with Crippen molar-refractivity contribution >= 4 is 60.4 Å². The van der Waals surface area contributed by atoms with Crippen LogP contribution in [0.4, 0.5) is 17.1 Å². The third kappa shape index (κ3) is 4.64. The van der Waals surface area contributed by atoms with Gasteiger partial charge in [-0.1, -0.05) is 196 Å². The first-order chi connectivity index (χ1) is 30.5. The topological polar surface area (TPSA) is 8.17 Å². The van der Waals surface area contributed by atoms with Gasteiger partial charge in [0.25, 0.3) is 0 Å². The fourth-order valence-electron chi connectivity index (χ4n) is 11.5. The Bertz CT molecular complexity index is 3580. The smallest absolute Gasteiger partial charge is 0.123 e. The van der Waals surface area contributed by atoms with Crippen molar-refractivity contribution < 1.29 is 0 Å². The molecule has 0 radical (unpaired) electrons. The molecule has 2 aliphatic carbocycles. The van der Waals surface area contributed by atoms with E-state index in [9.17, 15) is 0 Å². The summed E-state index contributed by atoms with van der Waals surface area (Å²) in [6.07, 6.45) is 0. The largest absolute Gasteiger partial charge is 0.322 e. The Morgan fingerprint density at radius 2 is 0.823 bits per heavy atom. The molecule has 0 atom stereocenters. The molecule has 0 bridgehead atoms. The zero-order valence-corrected chi connectivity index (χ0v) is 34.7. The minimum Gasteiger partial charge on any atom is -0.322 e. The molecule has 0 saturated carbocycles. The van der Waals surface area contributed by atoms with Crippen LogP contribution in [-0.2, 0) is 11.0 Å². The summed E-state index contributed by atoms with van der Waals surface area (Å²) in [4.78, 5) is 2.50. The number of nitrogens with zero attached hydrogens (tertiary/aromatic N) is 2. The van der Waals surface area contributed by atoms with E-state index in [0.29, 0.717) is 0 Å². The molecule has 292 valence electrons. The van der Waals surface area contributed by atoms with Gasteiger partial charge in [-0.2, -0.15) is 0 Å². The quantitative estimate of drug-likeness (QED) is 0.169. The number of aromatic nitrogens is 1. The minimum absolute atomic E-state index is 0.142. The maximum Gasteiger partial charge on any atom is 0.123 e. The molecular formula is C60H42N2. The number of hydrogen-bond donors (Lipinski definition) is 0. The number of fused-ring (bicyclic) bond motifs is 11. The zero-order chi connectivity index (χ0) is 41.2. The molecule has 10 aromatic carbocycles. The van der Waals surface area contributed by atoms with E-state index in [1.54, 1.807) is 0 Å². The maximum absolute atomic E-state index is 2.69. The Balaban J connectivity index is 1.16. The molecule has 11 aromatic rings. The predicted octanol–water partition coefficient (Wildman–Crippen LogP) is 15.7. The van der Waals surface area contributed by atoms with Crippen molar-refractivity contribution in [2.45, 2.75) is 24.8 Å². The summed E-state index contributed by atoms with van der Waals surface area (Å²) in [6.45, 7) is 4.75. The van der Waals surface area contributed by atoms with Crippen molar-refractivity contribution in [1.29, 1.82) is 0 Å². The number of rotatable bonds is 5. The molecule has 2 nitrogen and oxygen atoms in total. The molecule has 2 aliphatic rings. The lowest BCUT2D eigenvalue weighted by atomic mass is 9.77. The fourth-order valence-corrected chi connectivity index (χ4v) is 11.5. The van der Waals surface area contributed by atoms with Crippen LogP contribution in [0.1, 0.15) is 41.7 Å². The lowest BCUT2D eigenvalue weighted by Crippen LogP contribution is -2.36. The highest BCUT2D eigenvalue weighted by Gasteiger charge is 2.48. The average molecular weight is 791 g/mol. The van der Waals surface area contributed by atoms with E-state index in [-0.39, 0.29) is 5.41 Å². The van der Waals surface area contributed by atoms with Gasteiger partial charge in [-0.15, -0.1) is 0 Å². The van der Waals surface area contributed by atoms with Gasteiger partial charge < -0.3 is 9.47 Å². The monoisotopic (exact) mass is 790 g/mol. The minimum atomic E-state index is -0.693. The number of para-hydroxylation sites is 1. The van der Waals surface area contributed by atoms with Crippen molar-refractivity contribution in [2.75, 3.05) is 4.90 Å². The van der Waals surface area contributed by atoms with E-state index >= 15 is 0 Å². The van der Waals surface area contributed by atoms with Crippen LogP contribution in [0.3, 0.4) is 0 Å². The number of hydrogen-bond acceptors (Lipinski definition) is 1. The zero-order valence-electron chi connectivity index (χ0n) is 34.7. The second kappa shape index (κ2) is 12.9. The van der Waals surface area contributed by atoms with E-state index in [0.717, 1.165) is 17.1 Å². The van der Waals surface area contributed by atoms with Crippen LogP contribution in [0, 0.1) is 0 Å². The second-order valence-electron chi connectivity index (χ2n) is 17.6. The van der Waals surface area contributed by atoms with Crippen molar-refractivity contribution in [2.24, 2.45) is 0 Å².